The average Bonchev–Trinajstić information content (AvgIpc) is 2.20. The van der Waals surface area contributed by atoms with Gasteiger partial charge in [-0.05, 0) is 32.7 Å². The van der Waals surface area contributed by atoms with E-state index in [-0.39, 0.29) is 6.10 Å². The molecule has 10 heavy (non-hydrogen) atoms. The van der Waals surface area contributed by atoms with E-state index in [0.29, 0.717) is 12.1 Å². The van der Waals surface area contributed by atoms with Crippen molar-refractivity contribution in [2.45, 2.75) is 43.9 Å². The fourth-order valence-electron chi connectivity index (χ4n) is 2.38. The highest BCUT2D eigenvalue weighted by Gasteiger charge is 2.37. The standard InChI is InChI=1S/C8H15NO/c1-9-6-2-3-7(9)5-8(10)4-6/h6-8,10H,2-5H2,1H3/t6-,7-/m1/s1. The molecule has 2 atom stereocenters. The van der Waals surface area contributed by atoms with Gasteiger partial charge in [-0.15, -0.1) is 0 Å². The van der Waals surface area contributed by atoms with Crippen LogP contribution in [-0.2, 0) is 0 Å². The van der Waals surface area contributed by atoms with Crippen LogP contribution in [0.3, 0.4) is 0 Å². The minimum atomic E-state index is -0.00583. The number of aliphatic hydroxyl groups is 1. The van der Waals surface area contributed by atoms with Gasteiger partial charge in [0, 0.05) is 12.1 Å². The Balaban J connectivity index is 2.09. The van der Waals surface area contributed by atoms with Crippen LogP contribution in [0.4, 0.5) is 0 Å². The molecule has 2 rings (SSSR count). The van der Waals surface area contributed by atoms with Gasteiger partial charge in [-0.3, -0.25) is 0 Å². The van der Waals surface area contributed by atoms with Gasteiger partial charge in [0.15, 0.2) is 0 Å². The molecule has 0 amide bonds. The zero-order valence-corrected chi connectivity index (χ0v) is 6.45. The van der Waals surface area contributed by atoms with E-state index in [4.69, 9.17) is 0 Å². The van der Waals surface area contributed by atoms with E-state index in [1.54, 1.807) is 0 Å². The molecule has 0 aromatic heterocycles. The highest BCUT2D eigenvalue weighted by Crippen LogP contribution is 2.33. The second kappa shape index (κ2) is 2.21. The predicted molar refractivity (Wildman–Crippen MR) is 39.8 cm³/mol. The molecule has 2 fully saturated rings. The number of hydrogen-bond acceptors (Lipinski definition) is 2. The Morgan fingerprint density at radius 1 is 1.20 bits per heavy atom. The molecule has 2 heterocycles. The van der Waals surface area contributed by atoms with Gasteiger partial charge in [-0.1, -0.05) is 0 Å². The van der Waals surface area contributed by atoms with Crippen LogP contribution in [0.1, 0.15) is 25.7 Å². The van der Waals surface area contributed by atoms with Gasteiger partial charge in [0.1, 0.15) is 0 Å². The van der Waals surface area contributed by atoms with Crippen molar-refractivity contribution in [1.29, 1.82) is 0 Å². The van der Waals surface area contributed by atoms with Crippen molar-refractivity contribution in [3.8, 4) is 0 Å². The molecule has 1 N–H and O–H groups in total. The maximum atomic E-state index is 9.38. The molecule has 0 aromatic carbocycles. The first-order valence-electron chi connectivity index (χ1n) is 4.17. The second-order valence-corrected chi connectivity index (χ2v) is 3.68. The first-order chi connectivity index (χ1) is 4.77. The van der Waals surface area contributed by atoms with Crippen molar-refractivity contribution in [2.24, 2.45) is 0 Å². The lowest BCUT2D eigenvalue weighted by molar-refractivity contribution is 0.0503. The summed E-state index contributed by atoms with van der Waals surface area (Å²) in [6.07, 6.45) is 4.62. The zero-order valence-electron chi connectivity index (χ0n) is 6.45. The maximum Gasteiger partial charge on any atom is 0.0570 e. The molecule has 0 spiro atoms. The highest BCUT2D eigenvalue weighted by molar-refractivity contribution is 4.93. The molecule has 0 aliphatic carbocycles. The summed E-state index contributed by atoms with van der Waals surface area (Å²) in [6.45, 7) is 0. The summed E-state index contributed by atoms with van der Waals surface area (Å²) < 4.78 is 0. The van der Waals surface area contributed by atoms with Gasteiger partial charge in [-0.25, -0.2) is 0 Å². The summed E-state index contributed by atoms with van der Waals surface area (Å²) >= 11 is 0. The zero-order chi connectivity index (χ0) is 7.14. The van der Waals surface area contributed by atoms with E-state index in [1.165, 1.54) is 12.8 Å². The summed E-state index contributed by atoms with van der Waals surface area (Å²) in [5.41, 5.74) is 0. The first-order valence-corrected chi connectivity index (χ1v) is 4.17. The van der Waals surface area contributed by atoms with Crippen LogP contribution in [0, 0.1) is 0 Å². The third kappa shape index (κ3) is 0.867. The molecular formula is C8H15NO. The summed E-state index contributed by atoms with van der Waals surface area (Å²) in [4.78, 5) is 2.44. The molecule has 0 saturated carbocycles. The van der Waals surface area contributed by atoms with E-state index in [1.807, 2.05) is 0 Å². The molecule has 0 unspecified atom stereocenters. The predicted octanol–water partition coefficient (Wildman–Crippen LogP) is 0.604. The topological polar surface area (TPSA) is 23.5 Å². The number of fused-ring (bicyclic) bond motifs is 2. The van der Waals surface area contributed by atoms with E-state index in [2.05, 4.69) is 11.9 Å². The fourth-order valence-corrected chi connectivity index (χ4v) is 2.38. The third-order valence-electron chi connectivity index (χ3n) is 3.07. The van der Waals surface area contributed by atoms with Crippen LogP contribution in [0.15, 0.2) is 0 Å². The molecule has 2 heteroatoms. The second-order valence-electron chi connectivity index (χ2n) is 3.68. The van der Waals surface area contributed by atoms with Crippen molar-refractivity contribution in [3.63, 3.8) is 0 Å². The Morgan fingerprint density at radius 3 is 2.20 bits per heavy atom. The monoisotopic (exact) mass is 141 g/mol. The maximum absolute atomic E-state index is 9.38. The lowest BCUT2D eigenvalue weighted by Crippen LogP contribution is -2.41. The van der Waals surface area contributed by atoms with E-state index in [9.17, 15) is 5.11 Å². The van der Waals surface area contributed by atoms with Crippen LogP contribution in [0.5, 0.6) is 0 Å². The Kier molecular flexibility index (Phi) is 1.46. The Hall–Kier alpha value is -0.0800. The Bertz CT molecular complexity index is 123. The number of aliphatic hydroxyl groups excluding tert-OH is 1. The van der Waals surface area contributed by atoms with Gasteiger partial charge in [0.05, 0.1) is 6.10 Å². The lowest BCUT2D eigenvalue weighted by Gasteiger charge is -2.33. The number of piperidine rings is 1. The van der Waals surface area contributed by atoms with E-state index >= 15 is 0 Å². The SMILES string of the molecule is CN1[C@@H]2CC[C@@H]1CC(O)C2. The van der Waals surface area contributed by atoms with Crippen LogP contribution in [0.2, 0.25) is 0 Å². The van der Waals surface area contributed by atoms with E-state index < -0.39 is 0 Å². The van der Waals surface area contributed by atoms with Crippen LogP contribution >= 0.6 is 0 Å². The largest absolute Gasteiger partial charge is 0.393 e. The summed E-state index contributed by atoms with van der Waals surface area (Å²) in [5.74, 6) is 0. The Labute approximate surface area is 61.8 Å². The van der Waals surface area contributed by atoms with Crippen LogP contribution in [-0.4, -0.2) is 35.2 Å². The molecule has 2 saturated heterocycles. The van der Waals surface area contributed by atoms with Gasteiger partial charge in [-0.2, -0.15) is 0 Å². The minimum absolute atomic E-state index is 0.00583. The molecule has 2 nitrogen and oxygen atoms in total. The average molecular weight is 141 g/mol. The molecular weight excluding hydrogens is 126 g/mol. The molecule has 2 bridgehead atoms. The normalized spacial score (nSPS) is 48.0. The van der Waals surface area contributed by atoms with Crippen molar-refractivity contribution in [3.05, 3.63) is 0 Å². The Morgan fingerprint density at radius 2 is 1.70 bits per heavy atom. The number of nitrogens with zero attached hydrogens (tertiary/aromatic N) is 1. The van der Waals surface area contributed by atoms with Gasteiger partial charge in [0.2, 0.25) is 0 Å². The highest BCUT2D eigenvalue weighted by atomic mass is 16.3. The smallest absolute Gasteiger partial charge is 0.0570 e. The summed E-state index contributed by atoms with van der Waals surface area (Å²) in [5, 5.41) is 9.38. The van der Waals surface area contributed by atoms with Gasteiger partial charge < -0.3 is 10.0 Å². The fraction of sp³-hybridized carbons (Fsp3) is 1.00. The van der Waals surface area contributed by atoms with Crippen LogP contribution < -0.4 is 0 Å². The van der Waals surface area contributed by atoms with Crippen molar-refractivity contribution < 1.29 is 5.11 Å². The number of rotatable bonds is 0. The van der Waals surface area contributed by atoms with Crippen molar-refractivity contribution >= 4 is 0 Å². The van der Waals surface area contributed by atoms with Gasteiger partial charge in [0.25, 0.3) is 0 Å². The minimum Gasteiger partial charge on any atom is -0.393 e. The molecule has 2 aliphatic heterocycles. The quantitative estimate of drug-likeness (QED) is 0.534. The van der Waals surface area contributed by atoms with Crippen molar-refractivity contribution in [1.82, 2.24) is 4.90 Å². The lowest BCUT2D eigenvalue weighted by atomic mass is 10.0. The molecule has 0 radical (unpaired) electrons. The summed E-state index contributed by atoms with van der Waals surface area (Å²) in [6, 6.07) is 1.38. The van der Waals surface area contributed by atoms with Crippen LogP contribution in [0.25, 0.3) is 0 Å². The molecule has 2 aliphatic rings. The third-order valence-corrected chi connectivity index (χ3v) is 3.07. The van der Waals surface area contributed by atoms with E-state index in [0.717, 1.165) is 12.8 Å². The first kappa shape index (κ1) is 6.62. The molecule has 58 valence electrons. The number of hydrogen-bond donors (Lipinski definition) is 1. The van der Waals surface area contributed by atoms with Crippen molar-refractivity contribution in [2.75, 3.05) is 7.05 Å². The molecule has 0 aromatic rings. The summed E-state index contributed by atoms with van der Waals surface area (Å²) in [7, 11) is 2.19. The van der Waals surface area contributed by atoms with Gasteiger partial charge >= 0.3 is 0 Å².